The van der Waals surface area contributed by atoms with E-state index in [0.29, 0.717) is 16.8 Å². The van der Waals surface area contributed by atoms with Crippen molar-refractivity contribution in [3.05, 3.63) is 89.0 Å². The van der Waals surface area contributed by atoms with Crippen molar-refractivity contribution in [2.45, 2.75) is 13.0 Å². The number of hydrogen-bond acceptors (Lipinski definition) is 2. The van der Waals surface area contributed by atoms with Crippen LogP contribution in [0.1, 0.15) is 33.1 Å². The topological polar surface area (TPSA) is 57.8 Å². The Morgan fingerprint density at radius 3 is 2.63 bits per heavy atom. The molecule has 0 radical (unpaired) electrons. The van der Waals surface area contributed by atoms with Gasteiger partial charge in [-0.15, -0.1) is 0 Å². The Bertz CT molecular complexity index is 1210. The molecule has 3 heterocycles. The Balaban J connectivity index is 1.85. The zero-order valence-electron chi connectivity index (χ0n) is 14.6. The van der Waals surface area contributed by atoms with Gasteiger partial charge in [-0.25, -0.2) is 9.37 Å². The second-order valence-corrected chi connectivity index (χ2v) is 6.80. The van der Waals surface area contributed by atoms with Gasteiger partial charge in [0.2, 0.25) is 0 Å². The third-order valence-electron chi connectivity index (χ3n) is 5.12. The Labute approximate surface area is 155 Å². The monoisotopic (exact) mass is 357 g/mol. The minimum Gasteiger partial charge on any atom is -0.346 e. The number of hydrogen-bond donors (Lipinski definition) is 2. The van der Waals surface area contributed by atoms with Gasteiger partial charge in [-0.2, -0.15) is 0 Å². The van der Waals surface area contributed by atoms with Crippen LogP contribution >= 0.6 is 0 Å². The van der Waals surface area contributed by atoms with Gasteiger partial charge in [0.15, 0.2) is 0 Å². The molecule has 5 heteroatoms. The zero-order valence-corrected chi connectivity index (χ0v) is 14.6. The van der Waals surface area contributed by atoms with Crippen molar-refractivity contribution in [2.24, 2.45) is 0 Å². The molecule has 2 N–H and O–H groups in total. The lowest BCUT2D eigenvalue weighted by Gasteiger charge is -2.24. The molecule has 2 aromatic heterocycles. The number of carbonyl (C=O) groups is 1. The number of pyridine rings is 1. The lowest BCUT2D eigenvalue weighted by molar-refractivity contribution is 0.0943. The van der Waals surface area contributed by atoms with Crippen LogP contribution in [0.3, 0.4) is 0 Å². The number of fused-ring (bicyclic) bond motifs is 2. The van der Waals surface area contributed by atoms with Crippen molar-refractivity contribution in [3.8, 4) is 11.1 Å². The third-order valence-corrected chi connectivity index (χ3v) is 5.12. The maximum Gasteiger partial charge on any atom is 0.252 e. The summed E-state index contributed by atoms with van der Waals surface area (Å²) in [5.74, 6) is -0.568. The fraction of sp³-hybridized carbons (Fsp3) is 0.0909. The van der Waals surface area contributed by atoms with Gasteiger partial charge < -0.3 is 10.3 Å². The van der Waals surface area contributed by atoms with E-state index in [4.69, 9.17) is 0 Å². The maximum atomic E-state index is 14.8. The first-order chi connectivity index (χ1) is 13.1. The van der Waals surface area contributed by atoms with Crippen molar-refractivity contribution < 1.29 is 9.18 Å². The van der Waals surface area contributed by atoms with E-state index in [0.717, 1.165) is 27.6 Å². The van der Waals surface area contributed by atoms with Crippen LogP contribution in [0, 0.1) is 12.7 Å². The van der Waals surface area contributed by atoms with E-state index in [9.17, 15) is 9.18 Å². The SMILES string of the molecule is Cc1ccc(C2NC(=O)c3ccccc3-c3ccnc4[nH]cc2c34)c(F)c1. The van der Waals surface area contributed by atoms with Crippen LogP contribution in [0.15, 0.2) is 60.9 Å². The van der Waals surface area contributed by atoms with Crippen LogP contribution in [-0.2, 0) is 0 Å². The van der Waals surface area contributed by atoms with Crippen LogP contribution in [0.4, 0.5) is 4.39 Å². The van der Waals surface area contributed by atoms with Crippen molar-refractivity contribution >= 4 is 16.9 Å². The number of carbonyl (C=O) groups excluding carboxylic acids is 1. The third kappa shape index (κ3) is 2.35. The second kappa shape index (κ2) is 5.77. The smallest absolute Gasteiger partial charge is 0.252 e. The van der Waals surface area contributed by atoms with Gasteiger partial charge in [0.05, 0.1) is 6.04 Å². The van der Waals surface area contributed by atoms with Gasteiger partial charge in [0, 0.05) is 34.5 Å². The first-order valence-corrected chi connectivity index (χ1v) is 8.76. The quantitative estimate of drug-likeness (QED) is 0.527. The summed E-state index contributed by atoms with van der Waals surface area (Å²) in [7, 11) is 0. The van der Waals surface area contributed by atoms with Gasteiger partial charge in [0.25, 0.3) is 5.91 Å². The number of aromatic amines is 1. The number of nitrogens with one attached hydrogen (secondary N) is 2. The number of halogens is 1. The van der Waals surface area contributed by atoms with E-state index >= 15 is 0 Å². The molecular weight excluding hydrogens is 341 g/mol. The zero-order chi connectivity index (χ0) is 18.5. The summed E-state index contributed by atoms with van der Waals surface area (Å²) >= 11 is 0. The summed E-state index contributed by atoms with van der Waals surface area (Å²) in [5.41, 5.74) is 5.11. The molecule has 4 aromatic rings. The first-order valence-electron chi connectivity index (χ1n) is 8.76. The Morgan fingerprint density at radius 2 is 1.81 bits per heavy atom. The van der Waals surface area contributed by atoms with Crippen molar-refractivity contribution in [2.75, 3.05) is 0 Å². The fourth-order valence-electron chi connectivity index (χ4n) is 3.85. The summed E-state index contributed by atoms with van der Waals surface area (Å²) in [6.07, 6.45) is 3.52. The molecule has 1 amide bonds. The second-order valence-electron chi connectivity index (χ2n) is 6.80. The van der Waals surface area contributed by atoms with Gasteiger partial charge in [-0.05, 0) is 41.8 Å². The number of H-pyrrole nitrogens is 1. The van der Waals surface area contributed by atoms with Gasteiger partial charge in [-0.1, -0.05) is 30.3 Å². The molecule has 1 aliphatic heterocycles. The molecule has 0 saturated carbocycles. The molecule has 1 atom stereocenters. The molecular formula is C22H16FN3O. The Kier molecular flexibility index (Phi) is 3.37. The van der Waals surface area contributed by atoms with Crippen LogP contribution in [0.5, 0.6) is 0 Å². The highest BCUT2D eigenvalue weighted by Gasteiger charge is 2.29. The van der Waals surface area contributed by atoms with E-state index in [1.165, 1.54) is 6.07 Å². The minimum atomic E-state index is -0.608. The standard InChI is InChI=1S/C22H16FN3O/c1-12-6-7-16(18(23)10-12)20-17-11-25-21-19(17)14(8-9-24-21)13-4-2-3-5-15(13)22(27)26-20/h2-11,20H,1H3,(H,24,25)(H,26,27). The molecule has 0 fully saturated rings. The molecule has 132 valence electrons. The number of aryl methyl sites for hydroxylation is 1. The number of benzene rings is 2. The number of nitrogens with zero attached hydrogens (tertiary/aromatic N) is 1. The minimum absolute atomic E-state index is 0.229. The summed E-state index contributed by atoms with van der Waals surface area (Å²) in [4.78, 5) is 20.6. The molecule has 0 spiro atoms. The summed E-state index contributed by atoms with van der Waals surface area (Å²) in [6, 6.07) is 13.8. The molecule has 1 aliphatic rings. The van der Waals surface area contributed by atoms with Gasteiger partial charge in [0.1, 0.15) is 11.5 Å². The number of aromatic nitrogens is 2. The van der Waals surface area contributed by atoms with Crippen LogP contribution in [-0.4, -0.2) is 15.9 Å². The molecule has 0 aliphatic carbocycles. The normalized spacial score (nSPS) is 15.8. The van der Waals surface area contributed by atoms with E-state index < -0.39 is 6.04 Å². The van der Waals surface area contributed by atoms with Crippen molar-refractivity contribution in [1.29, 1.82) is 0 Å². The maximum absolute atomic E-state index is 14.8. The summed E-state index contributed by atoms with van der Waals surface area (Å²) in [6.45, 7) is 1.84. The predicted octanol–water partition coefficient (Wildman–Crippen LogP) is 4.51. The largest absolute Gasteiger partial charge is 0.346 e. The van der Waals surface area contributed by atoms with Crippen molar-refractivity contribution in [3.63, 3.8) is 0 Å². The molecule has 0 bridgehead atoms. The van der Waals surface area contributed by atoms with Gasteiger partial charge in [-0.3, -0.25) is 4.79 Å². The van der Waals surface area contributed by atoms with Crippen LogP contribution in [0.25, 0.3) is 22.2 Å². The van der Waals surface area contributed by atoms with E-state index in [-0.39, 0.29) is 11.7 Å². The molecule has 27 heavy (non-hydrogen) atoms. The predicted molar refractivity (Wildman–Crippen MR) is 102 cm³/mol. The highest BCUT2D eigenvalue weighted by Crippen LogP contribution is 2.39. The van der Waals surface area contributed by atoms with E-state index in [1.807, 2.05) is 37.3 Å². The molecule has 4 nitrogen and oxygen atoms in total. The summed E-state index contributed by atoms with van der Waals surface area (Å²) in [5, 5.41) is 3.91. The number of rotatable bonds is 1. The Hall–Kier alpha value is -3.47. The molecule has 1 unspecified atom stereocenters. The average molecular weight is 357 g/mol. The fourth-order valence-corrected chi connectivity index (χ4v) is 3.85. The van der Waals surface area contributed by atoms with Crippen LogP contribution < -0.4 is 5.32 Å². The lowest BCUT2D eigenvalue weighted by atomic mass is 9.89. The van der Waals surface area contributed by atoms with E-state index in [2.05, 4.69) is 15.3 Å². The van der Waals surface area contributed by atoms with E-state index in [1.54, 1.807) is 24.5 Å². The van der Waals surface area contributed by atoms with Crippen molar-refractivity contribution in [1.82, 2.24) is 15.3 Å². The molecule has 5 rings (SSSR count). The highest BCUT2D eigenvalue weighted by atomic mass is 19.1. The number of amides is 1. The Morgan fingerprint density at radius 1 is 1.00 bits per heavy atom. The lowest BCUT2D eigenvalue weighted by Crippen LogP contribution is -2.31. The molecule has 0 saturated heterocycles. The molecule has 2 aromatic carbocycles. The summed E-state index contributed by atoms with van der Waals surface area (Å²) < 4.78 is 14.8. The first kappa shape index (κ1) is 15.8. The highest BCUT2D eigenvalue weighted by molar-refractivity contribution is 6.07. The van der Waals surface area contributed by atoms with Gasteiger partial charge >= 0.3 is 0 Å². The average Bonchev–Trinajstić information content (AvgIpc) is 3.09. The van der Waals surface area contributed by atoms with Crippen LogP contribution in [0.2, 0.25) is 0 Å².